The summed E-state index contributed by atoms with van der Waals surface area (Å²) in [6.07, 6.45) is 0. The highest BCUT2D eigenvalue weighted by Crippen LogP contribution is 2.34. The summed E-state index contributed by atoms with van der Waals surface area (Å²) in [6, 6.07) is 17.6. The number of anilines is 1. The number of hydrogen-bond acceptors (Lipinski definition) is 2. The number of nitrogens with one attached hydrogen (secondary N) is 1. The molecule has 0 atom stereocenters. The van der Waals surface area contributed by atoms with E-state index in [4.69, 9.17) is 27.9 Å². The van der Waals surface area contributed by atoms with Crippen molar-refractivity contribution >= 4 is 60.7 Å². The first-order valence-corrected chi connectivity index (χ1v) is 10.6. The van der Waals surface area contributed by atoms with Crippen molar-refractivity contribution in [3.63, 3.8) is 0 Å². The van der Waals surface area contributed by atoms with Crippen LogP contribution in [0.5, 0.6) is 5.75 Å². The van der Waals surface area contributed by atoms with Crippen LogP contribution in [0.25, 0.3) is 0 Å². The molecule has 0 fully saturated rings. The number of rotatable bonds is 6. The standard InChI is InChI=1S/C21H17Br2Cl2NO/c1-13-2-7-18(10-20(13)25)26-11-15-8-16(22)9-19(23)21(15)27-12-14-3-5-17(24)6-4-14/h2-10,26H,11-12H2,1H3. The SMILES string of the molecule is Cc1ccc(NCc2cc(Br)cc(Br)c2OCc2ccc(Cl)cc2)cc1Cl. The van der Waals surface area contributed by atoms with Crippen LogP contribution in [0.15, 0.2) is 63.5 Å². The summed E-state index contributed by atoms with van der Waals surface area (Å²) in [5.74, 6) is 0.804. The van der Waals surface area contributed by atoms with Gasteiger partial charge in [0, 0.05) is 32.3 Å². The Kier molecular flexibility index (Phi) is 7.10. The molecule has 1 N–H and O–H groups in total. The molecule has 0 aromatic heterocycles. The minimum atomic E-state index is 0.459. The second-order valence-electron chi connectivity index (χ2n) is 6.11. The van der Waals surface area contributed by atoms with Crippen LogP contribution in [0.2, 0.25) is 10.0 Å². The summed E-state index contributed by atoms with van der Waals surface area (Å²) in [5, 5.41) is 4.86. The molecule has 0 spiro atoms. The lowest BCUT2D eigenvalue weighted by Gasteiger charge is -2.16. The Bertz CT molecular complexity index is 946. The molecule has 140 valence electrons. The molecular weight excluding hydrogens is 513 g/mol. The molecule has 0 amide bonds. The third kappa shape index (κ3) is 5.64. The molecule has 0 aliphatic rings. The molecule has 3 rings (SSSR count). The Morgan fingerprint density at radius 1 is 0.963 bits per heavy atom. The molecule has 6 heteroatoms. The van der Waals surface area contributed by atoms with E-state index in [1.165, 1.54) is 0 Å². The summed E-state index contributed by atoms with van der Waals surface area (Å²) in [7, 11) is 0. The van der Waals surface area contributed by atoms with Crippen LogP contribution < -0.4 is 10.1 Å². The fourth-order valence-corrected chi connectivity index (χ4v) is 4.28. The average molecular weight is 530 g/mol. The number of benzene rings is 3. The van der Waals surface area contributed by atoms with E-state index in [9.17, 15) is 0 Å². The van der Waals surface area contributed by atoms with Gasteiger partial charge in [-0.3, -0.25) is 0 Å². The van der Waals surface area contributed by atoms with E-state index >= 15 is 0 Å². The first-order valence-electron chi connectivity index (χ1n) is 8.27. The molecule has 0 radical (unpaired) electrons. The van der Waals surface area contributed by atoms with Crippen LogP contribution in [-0.2, 0) is 13.2 Å². The Balaban J connectivity index is 1.77. The molecule has 0 bridgehead atoms. The Morgan fingerprint density at radius 3 is 2.41 bits per heavy atom. The summed E-state index contributed by atoms with van der Waals surface area (Å²) >= 11 is 19.3. The van der Waals surface area contributed by atoms with Gasteiger partial charge in [-0.05, 0) is 70.4 Å². The van der Waals surface area contributed by atoms with Gasteiger partial charge < -0.3 is 10.1 Å². The van der Waals surface area contributed by atoms with Gasteiger partial charge in [0.2, 0.25) is 0 Å². The molecule has 0 saturated carbocycles. The van der Waals surface area contributed by atoms with Crippen molar-refractivity contribution in [2.75, 3.05) is 5.32 Å². The van der Waals surface area contributed by atoms with Crippen molar-refractivity contribution < 1.29 is 4.74 Å². The van der Waals surface area contributed by atoms with Crippen LogP contribution in [0, 0.1) is 6.92 Å². The zero-order chi connectivity index (χ0) is 19.4. The average Bonchev–Trinajstić information content (AvgIpc) is 2.63. The minimum Gasteiger partial charge on any atom is -0.487 e. The normalized spacial score (nSPS) is 10.7. The Hall–Kier alpha value is -1.20. The molecule has 3 aromatic rings. The highest BCUT2D eigenvalue weighted by atomic mass is 79.9. The second-order valence-corrected chi connectivity index (χ2v) is 8.72. The van der Waals surface area contributed by atoms with Crippen molar-refractivity contribution in [1.29, 1.82) is 0 Å². The predicted molar refractivity (Wildman–Crippen MR) is 121 cm³/mol. The minimum absolute atomic E-state index is 0.459. The van der Waals surface area contributed by atoms with E-state index < -0.39 is 0 Å². The number of aryl methyl sites for hydroxylation is 1. The molecular formula is C21H17Br2Cl2NO. The van der Waals surface area contributed by atoms with E-state index in [2.05, 4.69) is 37.2 Å². The zero-order valence-corrected chi connectivity index (χ0v) is 19.2. The van der Waals surface area contributed by atoms with Crippen LogP contribution in [-0.4, -0.2) is 0 Å². The number of ether oxygens (including phenoxy) is 1. The lowest BCUT2D eigenvalue weighted by Crippen LogP contribution is -2.05. The Morgan fingerprint density at radius 2 is 1.70 bits per heavy atom. The van der Waals surface area contributed by atoms with E-state index in [1.807, 2.05) is 61.5 Å². The van der Waals surface area contributed by atoms with Crippen LogP contribution in [0.4, 0.5) is 5.69 Å². The summed E-state index contributed by atoms with van der Waals surface area (Å²) in [6.45, 7) is 3.05. The molecule has 0 aliphatic heterocycles. The number of halogens is 4. The number of hydrogen-bond donors (Lipinski definition) is 1. The highest BCUT2D eigenvalue weighted by Gasteiger charge is 2.11. The molecule has 27 heavy (non-hydrogen) atoms. The monoisotopic (exact) mass is 527 g/mol. The van der Waals surface area contributed by atoms with E-state index in [0.29, 0.717) is 18.2 Å². The van der Waals surface area contributed by atoms with Gasteiger partial charge in [0.15, 0.2) is 0 Å². The van der Waals surface area contributed by atoms with Crippen molar-refractivity contribution in [3.05, 3.63) is 90.3 Å². The maximum absolute atomic E-state index is 6.22. The van der Waals surface area contributed by atoms with Gasteiger partial charge in [0.05, 0.1) is 4.47 Å². The molecule has 0 unspecified atom stereocenters. The van der Waals surface area contributed by atoms with Gasteiger partial charge >= 0.3 is 0 Å². The molecule has 2 nitrogen and oxygen atoms in total. The third-order valence-corrected chi connectivity index (χ3v) is 5.74. The maximum atomic E-state index is 6.22. The van der Waals surface area contributed by atoms with Gasteiger partial charge in [-0.25, -0.2) is 0 Å². The zero-order valence-electron chi connectivity index (χ0n) is 14.5. The molecule has 3 aromatic carbocycles. The van der Waals surface area contributed by atoms with Gasteiger partial charge in [0.1, 0.15) is 12.4 Å². The second kappa shape index (κ2) is 9.33. The lowest BCUT2D eigenvalue weighted by atomic mass is 10.1. The van der Waals surface area contributed by atoms with E-state index in [0.717, 1.165) is 42.1 Å². The fraction of sp³-hybridized carbons (Fsp3) is 0.143. The van der Waals surface area contributed by atoms with Crippen molar-refractivity contribution in [2.24, 2.45) is 0 Å². The smallest absolute Gasteiger partial charge is 0.139 e. The van der Waals surface area contributed by atoms with Crippen molar-refractivity contribution in [1.82, 2.24) is 0 Å². The fourth-order valence-electron chi connectivity index (χ4n) is 2.54. The predicted octanol–water partition coefficient (Wildman–Crippen LogP) is 8.02. The summed E-state index contributed by atoms with van der Waals surface area (Å²) < 4.78 is 7.98. The van der Waals surface area contributed by atoms with E-state index in [-0.39, 0.29) is 0 Å². The van der Waals surface area contributed by atoms with Gasteiger partial charge in [-0.15, -0.1) is 0 Å². The van der Waals surface area contributed by atoms with Crippen LogP contribution >= 0.6 is 55.1 Å². The molecule has 0 aliphatic carbocycles. The van der Waals surface area contributed by atoms with Crippen LogP contribution in [0.3, 0.4) is 0 Å². The van der Waals surface area contributed by atoms with Gasteiger partial charge in [-0.1, -0.05) is 57.3 Å². The van der Waals surface area contributed by atoms with Crippen molar-refractivity contribution in [2.45, 2.75) is 20.1 Å². The van der Waals surface area contributed by atoms with Crippen LogP contribution in [0.1, 0.15) is 16.7 Å². The maximum Gasteiger partial charge on any atom is 0.139 e. The highest BCUT2D eigenvalue weighted by molar-refractivity contribution is 9.11. The molecule has 0 heterocycles. The largest absolute Gasteiger partial charge is 0.487 e. The van der Waals surface area contributed by atoms with Gasteiger partial charge in [0.25, 0.3) is 0 Å². The topological polar surface area (TPSA) is 21.3 Å². The van der Waals surface area contributed by atoms with E-state index in [1.54, 1.807) is 0 Å². The lowest BCUT2D eigenvalue weighted by molar-refractivity contribution is 0.301. The van der Waals surface area contributed by atoms with Gasteiger partial charge in [-0.2, -0.15) is 0 Å². The Labute approximate surface area is 186 Å². The summed E-state index contributed by atoms with van der Waals surface area (Å²) in [5.41, 5.74) is 4.10. The quantitative estimate of drug-likeness (QED) is 0.349. The molecule has 0 saturated heterocycles. The third-order valence-electron chi connectivity index (χ3n) is 4.04. The first kappa shape index (κ1) is 20.5. The first-order chi connectivity index (χ1) is 12.9. The summed E-state index contributed by atoms with van der Waals surface area (Å²) in [4.78, 5) is 0. The van der Waals surface area contributed by atoms with Crippen molar-refractivity contribution in [3.8, 4) is 5.75 Å².